The summed E-state index contributed by atoms with van der Waals surface area (Å²) in [6.45, 7) is 0. The molecule has 4 nitrogen and oxygen atoms in total. The Bertz CT molecular complexity index is 936. The summed E-state index contributed by atoms with van der Waals surface area (Å²) < 4.78 is 1.38. The van der Waals surface area contributed by atoms with Crippen LogP contribution in [0.1, 0.15) is 15.2 Å². The summed E-state index contributed by atoms with van der Waals surface area (Å²) in [5, 5.41) is 12.7. The van der Waals surface area contributed by atoms with Crippen molar-refractivity contribution in [1.82, 2.24) is 4.57 Å². The van der Waals surface area contributed by atoms with Gasteiger partial charge in [0.1, 0.15) is 11.3 Å². The summed E-state index contributed by atoms with van der Waals surface area (Å²) in [7, 11) is 1.59. The molecule has 0 saturated heterocycles. The highest BCUT2D eigenvalue weighted by atomic mass is 32.1. The van der Waals surface area contributed by atoms with Gasteiger partial charge in [-0.1, -0.05) is 18.2 Å². The van der Waals surface area contributed by atoms with E-state index in [9.17, 15) is 14.7 Å². The van der Waals surface area contributed by atoms with Gasteiger partial charge in [-0.2, -0.15) is 0 Å². The third-order valence-electron chi connectivity index (χ3n) is 3.46. The van der Waals surface area contributed by atoms with E-state index >= 15 is 0 Å². The number of aromatic nitrogens is 1. The minimum atomic E-state index is -0.503. The van der Waals surface area contributed by atoms with Crippen molar-refractivity contribution in [3.05, 3.63) is 68.6 Å². The topological polar surface area (TPSA) is 59.3 Å². The first-order chi connectivity index (χ1) is 10.6. The maximum atomic E-state index is 12.4. The molecule has 0 fully saturated rings. The number of hydrogen-bond donors (Lipinski definition) is 1. The summed E-state index contributed by atoms with van der Waals surface area (Å²) in [6.07, 6.45) is 2.96. The number of thiophene rings is 1. The third kappa shape index (κ3) is 2.35. The highest BCUT2D eigenvalue weighted by molar-refractivity contribution is 7.10. The number of ketones is 1. The third-order valence-corrected chi connectivity index (χ3v) is 4.30. The Morgan fingerprint density at radius 2 is 2.00 bits per heavy atom. The van der Waals surface area contributed by atoms with Crippen LogP contribution < -0.4 is 5.56 Å². The van der Waals surface area contributed by atoms with Gasteiger partial charge in [0.05, 0.1) is 5.52 Å². The molecule has 0 radical (unpaired) electrons. The maximum absolute atomic E-state index is 12.4. The molecule has 0 aliphatic heterocycles. The highest BCUT2D eigenvalue weighted by Crippen LogP contribution is 2.26. The number of benzene rings is 1. The van der Waals surface area contributed by atoms with Crippen LogP contribution in [0, 0.1) is 0 Å². The van der Waals surface area contributed by atoms with Gasteiger partial charge in [0.15, 0.2) is 5.78 Å². The van der Waals surface area contributed by atoms with E-state index in [1.54, 1.807) is 37.4 Å². The van der Waals surface area contributed by atoms with E-state index < -0.39 is 11.3 Å². The zero-order chi connectivity index (χ0) is 15.7. The molecular formula is C17H13NO3S. The van der Waals surface area contributed by atoms with Crippen LogP contribution in [0.15, 0.2) is 52.6 Å². The van der Waals surface area contributed by atoms with Crippen molar-refractivity contribution in [3.8, 4) is 5.75 Å². The van der Waals surface area contributed by atoms with Crippen molar-refractivity contribution in [2.75, 3.05) is 0 Å². The van der Waals surface area contributed by atoms with E-state index in [0.717, 1.165) is 4.88 Å². The Balaban J connectivity index is 2.15. The average Bonchev–Trinajstić information content (AvgIpc) is 3.04. The molecule has 3 rings (SSSR count). The average molecular weight is 311 g/mol. The molecule has 0 saturated carbocycles. The number of fused-ring (bicyclic) bond motifs is 1. The van der Waals surface area contributed by atoms with E-state index in [1.165, 1.54) is 22.0 Å². The molecule has 22 heavy (non-hydrogen) atoms. The minimum absolute atomic E-state index is 0.200. The van der Waals surface area contributed by atoms with E-state index in [1.807, 2.05) is 17.5 Å². The molecule has 110 valence electrons. The summed E-state index contributed by atoms with van der Waals surface area (Å²) in [5.41, 5.74) is -0.116. The van der Waals surface area contributed by atoms with Crippen molar-refractivity contribution in [2.45, 2.75) is 0 Å². The minimum Gasteiger partial charge on any atom is -0.506 e. The standard InChI is InChI=1S/C17H13NO3S/c1-18-13-7-3-2-6-12(13)16(20)15(17(18)21)14(19)9-8-11-5-4-10-22-11/h2-10,20H,1H3/b9-8+. The van der Waals surface area contributed by atoms with Crippen molar-refractivity contribution in [3.63, 3.8) is 0 Å². The van der Waals surface area contributed by atoms with Crippen LogP contribution in [0.5, 0.6) is 5.75 Å². The lowest BCUT2D eigenvalue weighted by Crippen LogP contribution is -2.24. The molecule has 3 aromatic rings. The Kier molecular flexibility index (Phi) is 3.65. The Hall–Kier alpha value is -2.66. The molecule has 2 aromatic heterocycles. The largest absolute Gasteiger partial charge is 0.506 e. The number of pyridine rings is 1. The monoisotopic (exact) mass is 311 g/mol. The summed E-state index contributed by atoms with van der Waals surface area (Å²) in [6, 6.07) is 10.7. The van der Waals surface area contributed by atoms with Gasteiger partial charge in [-0.25, -0.2) is 0 Å². The first-order valence-electron chi connectivity index (χ1n) is 6.66. The van der Waals surface area contributed by atoms with Crippen molar-refractivity contribution in [2.24, 2.45) is 7.05 Å². The molecule has 0 spiro atoms. The van der Waals surface area contributed by atoms with E-state index in [4.69, 9.17) is 0 Å². The molecule has 0 atom stereocenters. The van der Waals surface area contributed by atoms with Crippen LogP contribution in [-0.4, -0.2) is 15.5 Å². The second-order valence-corrected chi connectivity index (χ2v) is 5.80. The van der Waals surface area contributed by atoms with Crippen molar-refractivity contribution < 1.29 is 9.90 Å². The fourth-order valence-corrected chi connectivity index (χ4v) is 2.95. The van der Waals surface area contributed by atoms with Gasteiger partial charge < -0.3 is 9.67 Å². The van der Waals surface area contributed by atoms with Gasteiger partial charge in [-0.15, -0.1) is 11.3 Å². The maximum Gasteiger partial charge on any atom is 0.265 e. The molecular weight excluding hydrogens is 298 g/mol. The normalized spacial score (nSPS) is 11.3. The number of carbonyl (C=O) groups excluding carboxylic acids is 1. The predicted molar refractivity (Wildman–Crippen MR) is 88.5 cm³/mol. The summed E-state index contributed by atoms with van der Waals surface area (Å²) in [4.78, 5) is 25.6. The van der Waals surface area contributed by atoms with Crippen LogP contribution in [0.3, 0.4) is 0 Å². The van der Waals surface area contributed by atoms with E-state index in [-0.39, 0.29) is 11.3 Å². The molecule has 1 aromatic carbocycles. The lowest BCUT2D eigenvalue weighted by Gasteiger charge is -2.09. The van der Waals surface area contributed by atoms with Gasteiger partial charge in [-0.3, -0.25) is 9.59 Å². The van der Waals surface area contributed by atoms with Crippen LogP contribution >= 0.6 is 11.3 Å². The van der Waals surface area contributed by atoms with Gasteiger partial charge in [0.25, 0.3) is 5.56 Å². The van der Waals surface area contributed by atoms with Crippen LogP contribution in [0.25, 0.3) is 17.0 Å². The van der Waals surface area contributed by atoms with Gasteiger partial charge in [0.2, 0.25) is 0 Å². The van der Waals surface area contributed by atoms with Crippen LogP contribution in [-0.2, 0) is 7.05 Å². The number of hydrogen-bond acceptors (Lipinski definition) is 4. The SMILES string of the molecule is Cn1c(=O)c(C(=O)/C=C/c2cccs2)c(O)c2ccccc21. The van der Waals surface area contributed by atoms with Gasteiger partial charge >= 0.3 is 0 Å². The Morgan fingerprint density at radius 3 is 2.73 bits per heavy atom. The first-order valence-corrected chi connectivity index (χ1v) is 7.54. The highest BCUT2D eigenvalue weighted by Gasteiger charge is 2.18. The Morgan fingerprint density at radius 1 is 1.23 bits per heavy atom. The molecule has 0 aliphatic carbocycles. The van der Waals surface area contributed by atoms with Crippen LogP contribution in [0.2, 0.25) is 0 Å². The lowest BCUT2D eigenvalue weighted by molar-refractivity contribution is 0.104. The van der Waals surface area contributed by atoms with E-state index in [2.05, 4.69) is 0 Å². The molecule has 0 bridgehead atoms. The molecule has 0 amide bonds. The molecule has 5 heteroatoms. The van der Waals surface area contributed by atoms with Crippen LogP contribution in [0.4, 0.5) is 0 Å². The second-order valence-electron chi connectivity index (χ2n) is 4.82. The predicted octanol–water partition coefficient (Wildman–Crippen LogP) is 3.20. The van der Waals surface area contributed by atoms with Gasteiger partial charge in [-0.05, 0) is 35.7 Å². The Labute approximate surface area is 130 Å². The van der Waals surface area contributed by atoms with Gasteiger partial charge in [0, 0.05) is 17.3 Å². The molecule has 0 unspecified atom stereocenters. The zero-order valence-corrected chi connectivity index (χ0v) is 12.6. The number of aromatic hydroxyl groups is 1. The first kappa shape index (κ1) is 14.3. The number of aryl methyl sites for hydroxylation is 1. The quantitative estimate of drug-likeness (QED) is 0.597. The van der Waals surface area contributed by atoms with Crippen molar-refractivity contribution in [1.29, 1.82) is 0 Å². The summed E-state index contributed by atoms with van der Waals surface area (Å²) in [5.74, 6) is -0.767. The van der Waals surface area contributed by atoms with E-state index in [0.29, 0.717) is 10.9 Å². The number of allylic oxidation sites excluding steroid dienone is 1. The number of nitrogens with zero attached hydrogens (tertiary/aromatic N) is 1. The molecule has 0 aliphatic rings. The van der Waals surface area contributed by atoms with Crippen molar-refractivity contribution >= 4 is 34.1 Å². The fraction of sp³-hybridized carbons (Fsp3) is 0.0588. The molecule has 1 N–H and O–H groups in total. The lowest BCUT2D eigenvalue weighted by atomic mass is 10.1. The number of para-hydroxylation sites is 1. The second kappa shape index (κ2) is 5.61. The smallest absolute Gasteiger partial charge is 0.265 e. The fourth-order valence-electron chi connectivity index (χ4n) is 2.33. The summed E-state index contributed by atoms with van der Waals surface area (Å²) >= 11 is 1.49. The molecule has 2 heterocycles. The zero-order valence-electron chi connectivity index (χ0n) is 11.8. The number of rotatable bonds is 3. The number of carbonyl (C=O) groups is 1.